The minimum Gasteiger partial charge on any atom is -0.497 e. The molecule has 2 aromatic rings. The summed E-state index contributed by atoms with van der Waals surface area (Å²) >= 11 is 0. The molecule has 0 spiro atoms. The molecule has 0 heterocycles. The van der Waals surface area contributed by atoms with Crippen molar-refractivity contribution in [3.05, 3.63) is 59.2 Å². The Morgan fingerprint density at radius 2 is 1.70 bits per heavy atom. The van der Waals surface area contributed by atoms with Crippen molar-refractivity contribution in [2.45, 2.75) is 0 Å². The molecule has 0 saturated carbocycles. The summed E-state index contributed by atoms with van der Waals surface area (Å²) in [5, 5.41) is 20.5. The second-order valence-corrected chi connectivity index (χ2v) is 4.56. The third kappa shape index (κ3) is 3.65. The van der Waals surface area contributed by atoms with Gasteiger partial charge in [0.1, 0.15) is 5.75 Å². The van der Waals surface area contributed by atoms with E-state index in [0.29, 0.717) is 5.75 Å². The van der Waals surface area contributed by atoms with Gasteiger partial charge in [0.25, 0.3) is 5.91 Å². The molecular formula is C16H13NO6. The van der Waals surface area contributed by atoms with Crippen molar-refractivity contribution < 1.29 is 29.3 Å². The topological polar surface area (TPSA) is 113 Å². The molecule has 0 fully saturated rings. The summed E-state index contributed by atoms with van der Waals surface area (Å²) in [4.78, 5) is 34.4. The van der Waals surface area contributed by atoms with Crippen LogP contribution in [0.25, 0.3) is 0 Å². The number of amides is 1. The van der Waals surface area contributed by atoms with Gasteiger partial charge in [-0.2, -0.15) is 0 Å². The molecule has 0 aliphatic rings. The van der Waals surface area contributed by atoms with Gasteiger partial charge < -0.3 is 20.3 Å². The summed E-state index contributed by atoms with van der Waals surface area (Å²) in [7, 11) is 1.45. The van der Waals surface area contributed by atoms with Crippen LogP contribution in [-0.4, -0.2) is 35.2 Å². The molecule has 2 rings (SSSR count). The van der Waals surface area contributed by atoms with Gasteiger partial charge in [-0.15, -0.1) is 0 Å². The van der Waals surface area contributed by atoms with Gasteiger partial charge in [0.2, 0.25) is 0 Å². The average molecular weight is 315 g/mol. The van der Waals surface area contributed by atoms with Crippen molar-refractivity contribution >= 4 is 23.5 Å². The van der Waals surface area contributed by atoms with Crippen LogP contribution in [0.1, 0.15) is 31.1 Å². The summed E-state index contributed by atoms with van der Waals surface area (Å²) in [6.45, 7) is 0. The average Bonchev–Trinajstić information content (AvgIpc) is 2.54. The number of carbonyl (C=O) groups is 3. The lowest BCUT2D eigenvalue weighted by Crippen LogP contribution is -2.15. The highest BCUT2D eigenvalue weighted by molar-refractivity contribution is 6.08. The fraction of sp³-hybridized carbons (Fsp3) is 0.0625. The summed E-state index contributed by atoms with van der Waals surface area (Å²) in [5.41, 5.74) is -0.172. The van der Waals surface area contributed by atoms with E-state index in [2.05, 4.69) is 5.32 Å². The van der Waals surface area contributed by atoms with Crippen molar-refractivity contribution in [1.29, 1.82) is 0 Å². The number of carboxylic acid groups (broad SMARTS) is 2. The van der Waals surface area contributed by atoms with Crippen LogP contribution in [0.15, 0.2) is 42.5 Å². The predicted octanol–water partition coefficient (Wildman–Crippen LogP) is 2.34. The van der Waals surface area contributed by atoms with Crippen molar-refractivity contribution in [2.75, 3.05) is 12.4 Å². The normalized spacial score (nSPS) is 9.96. The molecule has 0 unspecified atom stereocenters. The molecule has 0 aliphatic heterocycles. The minimum absolute atomic E-state index is 0.0924. The summed E-state index contributed by atoms with van der Waals surface area (Å²) < 4.78 is 5.02. The number of carboxylic acids is 2. The summed E-state index contributed by atoms with van der Waals surface area (Å²) in [6, 6.07) is 9.67. The maximum atomic E-state index is 12.2. The fourth-order valence-corrected chi connectivity index (χ4v) is 1.93. The number of aromatic carboxylic acids is 2. The van der Waals surface area contributed by atoms with Crippen molar-refractivity contribution in [3.8, 4) is 5.75 Å². The molecule has 0 atom stereocenters. The zero-order chi connectivity index (χ0) is 17.0. The Kier molecular flexibility index (Phi) is 4.61. The number of ether oxygens (including phenoxy) is 1. The quantitative estimate of drug-likeness (QED) is 0.780. The molecule has 3 N–H and O–H groups in total. The second kappa shape index (κ2) is 6.61. The van der Waals surface area contributed by atoms with E-state index < -0.39 is 17.8 Å². The first-order chi connectivity index (χ1) is 10.9. The second-order valence-electron chi connectivity index (χ2n) is 4.56. The SMILES string of the molecule is COc1cccc(C(=O)Nc2cc(C(=O)O)ccc2C(=O)O)c1. The van der Waals surface area contributed by atoms with E-state index in [9.17, 15) is 14.4 Å². The van der Waals surface area contributed by atoms with E-state index in [1.807, 2.05) is 0 Å². The van der Waals surface area contributed by atoms with Gasteiger partial charge in [-0.3, -0.25) is 4.79 Å². The standard InChI is InChI=1S/C16H13NO6/c1-23-11-4-2-3-9(7-11)14(18)17-13-8-10(15(19)20)5-6-12(13)16(21)22/h2-8H,1H3,(H,17,18)(H,19,20)(H,21,22). The molecule has 0 aromatic heterocycles. The molecule has 2 aromatic carbocycles. The van der Waals surface area contributed by atoms with E-state index in [1.54, 1.807) is 12.1 Å². The largest absolute Gasteiger partial charge is 0.497 e. The first-order valence-corrected chi connectivity index (χ1v) is 6.48. The van der Waals surface area contributed by atoms with Crippen LogP contribution < -0.4 is 10.1 Å². The Morgan fingerprint density at radius 3 is 2.30 bits per heavy atom. The van der Waals surface area contributed by atoms with Gasteiger partial charge in [0.15, 0.2) is 0 Å². The summed E-state index contributed by atoms with van der Waals surface area (Å²) in [5.74, 6) is -2.61. The molecule has 23 heavy (non-hydrogen) atoms. The van der Waals surface area contributed by atoms with Gasteiger partial charge in [-0.05, 0) is 36.4 Å². The molecular weight excluding hydrogens is 302 g/mol. The van der Waals surface area contributed by atoms with E-state index in [1.165, 1.54) is 19.2 Å². The molecule has 0 aliphatic carbocycles. The highest BCUT2D eigenvalue weighted by atomic mass is 16.5. The molecule has 0 saturated heterocycles. The molecule has 0 bridgehead atoms. The van der Waals surface area contributed by atoms with Crippen LogP contribution in [0.3, 0.4) is 0 Å². The predicted molar refractivity (Wildman–Crippen MR) is 81.3 cm³/mol. The molecule has 118 valence electrons. The number of hydrogen-bond donors (Lipinski definition) is 3. The van der Waals surface area contributed by atoms with E-state index >= 15 is 0 Å². The monoisotopic (exact) mass is 315 g/mol. The third-order valence-electron chi connectivity index (χ3n) is 3.08. The van der Waals surface area contributed by atoms with Crippen LogP contribution in [-0.2, 0) is 0 Å². The van der Waals surface area contributed by atoms with Gasteiger partial charge >= 0.3 is 11.9 Å². The Hall–Kier alpha value is -3.35. The van der Waals surface area contributed by atoms with E-state index in [4.69, 9.17) is 14.9 Å². The fourth-order valence-electron chi connectivity index (χ4n) is 1.93. The maximum absolute atomic E-state index is 12.2. The lowest BCUT2D eigenvalue weighted by atomic mass is 10.1. The van der Waals surface area contributed by atoms with Crippen LogP contribution >= 0.6 is 0 Å². The number of anilines is 1. The first-order valence-electron chi connectivity index (χ1n) is 6.48. The van der Waals surface area contributed by atoms with E-state index in [-0.39, 0.29) is 22.4 Å². The van der Waals surface area contributed by atoms with Crippen molar-refractivity contribution in [3.63, 3.8) is 0 Å². The highest BCUT2D eigenvalue weighted by Crippen LogP contribution is 2.20. The van der Waals surface area contributed by atoms with Crippen molar-refractivity contribution in [2.24, 2.45) is 0 Å². The Bertz CT molecular complexity index is 784. The van der Waals surface area contributed by atoms with Crippen LogP contribution in [0, 0.1) is 0 Å². The maximum Gasteiger partial charge on any atom is 0.337 e. The number of benzene rings is 2. The van der Waals surface area contributed by atoms with Gasteiger partial charge in [-0.1, -0.05) is 6.07 Å². The molecule has 7 nitrogen and oxygen atoms in total. The Morgan fingerprint density at radius 1 is 0.957 bits per heavy atom. The number of rotatable bonds is 5. The smallest absolute Gasteiger partial charge is 0.337 e. The van der Waals surface area contributed by atoms with Crippen LogP contribution in [0.4, 0.5) is 5.69 Å². The van der Waals surface area contributed by atoms with Gasteiger partial charge in [0, 0.05) is 5.56 Å². The third-order valence-corrected chi connectivity index (χ3v) is 3.08. The Balaban J connectivity index is 2.37. The number of carbonyl (C=O) groups excluding carboxylic acids is 1. The molecule has 0 radical (unpaired) electrons. The van der Waals surface area contributed by atoms with Crippen LogP contribution in [0.2, 0.25) is 0 Å². The zero-order valence-electron chi connectivity index (χ0n) is 12.1. The molecule has 7 heteroatoms. The number of nitrogens with one attached hydrogen (secondary N) is 1. The highest BCUT2D eigenvalue weighted by Gasteiger charge is 2.16. The van der Waals surface area contributed by atoms with Crippen molar-refractivity contribution in [1.82, 2.24) is 0 Å². The van der Waals surface area contributed by atoms with E-state index in [0.717, 1.165) is 18.2 Å². The Labute approximate surface area is 131 Å². The first kappa shape index (κ1) is 16.0. The van der Waals surface area contributed by atoms with Gasteiger partial charge in [-0.25, -0.2) is 9.59 Å². The zero-order valence-corrected chi connectivity index (χ0v) is 12.1. The summed E-state index contributed by atoms with van der Waals surface area (Å²) in [6.07, 6.45) is 0. The molecule has 1 amide bonds. The number of hydrogen-bond acceptors (Lipinski definition) is 4. The van der Waals surface area contributed by atoms with Gasteiger partial charge in [0.05, 0.1) is 23.9 Å². The van der Waals surface area contributed by atoms with Crippen LogP contribution in [0.5, 0.6) is 5.75 Å². The lowest BCUT2D eigenvalue weighted by Gasteiger charge is -2.10. The number of methoxy groups -OCH3 is 1. The lowest BCUT2D eigenvalue weighted by molar-refractivity contribution is 0.0682. The minimum atomic E-state index is -1.28.